The molecular weight excluding hydrogens is 385 g/mol. The van der Waals surface area contributed by atoms with Crippen LogP contribution in [0.3, 0.4) is 0 Å². The third kappa shape index (κ3) is 5.22. The molecule has 0 aliphatic carbocycles. The second-order valence-electron chi connectivity index (χ2n) is 5.48. The van der Waals surface area contributed by atoms with Crippen LogP contribution in [0.5, 0.6) is 11.5 Å². The summed E-state index contributed by atoms with van der Waals surface area (Å²) in [7, 11) is 0. The molecule has 2 heterocycles. The Bertz CT molecular complexity index is 701. The molecule has 1 aliphatic heterocycles. The second kappa shape index (κ2) is 9.82. The van der Waals surface area contributed by atoms with Gasteiger partial charge in [-0.1, -0.05) is 11.6 Å². The van der Waals surface area contributed by atoms with Crippen LogP contribution in [0.2, 0.25) is 5.02 Å². The van der Waals surface area contributed by atoms with Gasteiger partial charge in [0.2, 0.25) is 0 Å². The van der Waals surface area contributed by atoms with Crippen LogP contribution >= 0.6 is 36.4 Å². The lowest BCUT2D eigenvalue weighted by Gasteiger charge is -2.34. The lowest BCUT2D eigenvalue weighted by molar-refractivity contribution is 0.0656. The molecule has 1 aliphatic rings. The molecule has 1 unspecified atom stereocenters. The average Bonchev–Trinajstić information content (AvgIpc) is 2.57. The molecule has 0 spiro atoms. The number of rotatable bonds is 3. The van der Waals surface area contributed by atoms with Crippen molar-refractivity contribution in [2.45, 2.75) is 13.0 Å². The van der Waals surface area contributed by atoms with Crippen LogP contribution in [-0.2, 0) is 0 Å². The zero-order chi connectivity index (χ0) is 16.2. The summed E-state index contributed by atoms with van der Waals surface area (Å²) < 4.78 is 5.70. The van der Waals surface area contributed by atoms with Crippen molar-refractivity contribution in [2.24, 2.45) is 0 Å². The maximum absolute atomic E-state index is 12.6. The van der Waals surface area contributed by atoms with Crippen LogP contribution in [0.4, 0.5) is 0 Å². The number of pyridine rings is 1. The standard InChI is InChI=1S/C17H18ClN3O2.2ClH/c1-12-11-20-8-9-21(12)17(22)13-2-3-16(15(18)10-13)23-14-4-6-19-7-5-14;;/h2-7,10,12,20H,8-9,11H2,1H3;2*1H. The van der Waals surface area contributed by atoms with E-state index in [1.54, 1.807) is 42.7 Å². The molecule has 0 radical (unpaired) electrons. The minimum absolute atomic E-state index is 0. The Morgan fingerprint density at radius 1 is 1.28 bits per heavy atom. The summed E-state index contributed by atoms with van der Waals surface area (Å²) in [6, 6.07) is 8.80. The zero-order valence-corrected chi connectivity index (χ0v) is 16.0. The van der Waals surface area contributed by atoms with E-state index in [4.69, 9.17) is 16.3 Å². The number of halogens is 3. The third-order valence-corrected chi connectivity index (χ3v) is 4.11. The third-order valence-electron chi connectivity index (χ3n) is 3.82. The van der Waals surface area contributed by atoms with Gasteiger partial charge in [-0.3, -0.25) is 9.78 Å². The smallest absolute Gasteiger partial charge is 0.254 e. The predicted octanol–water partition coefficient (Wildman–Crippen LogP) is 3.80. The first-order valence-corrected chi connectivity index (χ1v) is 7.92. The number of ether oxygens (including phenoxy) is 1. The molecule has 2 aromatic rings. The summed E-state index contributed by atoms with van der Waals surface area (Å²) >= 11 is 6.27. The molecule has 1 saturated heterocycles. The summed E-state index contributed by atoms with van der Waals surface area (Å²) in [6.07, 6.45) is 3.29. The van der Waals surface area contributed by atoms with Crippen molar-refractivity contribution >= 4 is 42.3 Å². The molecule has 3 rings (SSSR count). The maximum Gasteiger partial charge on any atom is 0.254 e. The lowest BCUT2D eigenvalue weighted by atomic mass is 10.1. The number of hydrogen-bond acceptors (Lipinski definition) is 4. The van der Waals surface area contributed by atoms with Crippen LogP contribution in [0.15, 0.2) is 42.7 Å². The molecule has 1 amide bonds. The largest absolute Gasteiger partial charge is 0.456 e. The lowest BCUT2D eigenvalue weighted by Crippen LogP contribution is -2.52. The molecule has 8 heteroatoms. The van der Waals surface area contributed by atoms with Gasteiger partial charge in [0.15, 0.2) is 0 Å². The minimum atomic E-state index is -0.00337. The van der Waals surface area contributed by atoms with Gasteiger partial charge in [0, 0.05) is 43.6 Å². The summed E-state index contributed by atoms with van der Waals surface area (Å²) in [5, 5.41) is 3.69. The van der Waals surface area contributed by atoms with Crippen molar-refractivity contribution < 1.29 is 9.53 Å². The van der Waals surface area contributed by atoms with E-state index in [1.165, 1.54) is 0 Å². The van der Waals surface area contributed by atoms with E-state index in [9.17, 15) is 4.79 Å². The number of aromatic nitrogens is 1. The van der Waals surface area contributed by atoms with Crippen LogP contribution in [0.1, 0.15) is 17.3 Å². The Hall–Kier alpha value is -1.53. The number of nitrogens with zero attached hydrogens (tertiary/aromatic N) is 2. The highest BCUT2D eigenvalue weighted by atomic mass is 35.5. The SMILES string of the molecule is CC1CNCCN1C(=O)c1ccc(Oc2ccncc2)c(Cl)c1.Cl.Cl. The Balaban J connectivity index is 0.00000156. The zero-order valence-electron chi connectivity index (χ0n) is 13.6. The van der Waals surface area contributed by atoms with E-state index in [-0.39, 0.29) is 36.8 Å². The normalized spacial score (nSPS) is 16.4. The van der Waals surface area contributed by atoms with Gasteiger partial charge in [0.05, 0.1) is 5.02 Å². The Morgan fingerprint density at radius 2 is 2.00 bits per heavy atom. The van der Waals surface area contributed by atoms with Gasteiger partial charge in [-0.25, -0.2) is 0 Å². The highest BCUT2D eigenvalue weighted by Crippen LogP contribution is 2.30. The average molecular weight is 405 g/mol. The van der Waals surface area contributed by atoms with Crippen molar-refractivity contribution in [3.8, 4) is 11.5 Å². The van der Waals surface area contributed by atoms with Crippen molar-refractivity contribution in [1.82, 2.24) is 15.2 Å². The van der Waals surface area contributed by atoms with E-state index in [2.05, 4.69) is 10.3 Å². The molecule has 5 nitrogen and oxygen atoms in total. The fraction of sp³-hybridized carbons (Fsp3) is 0.294. The van der Waals surface area contributed by atoms with Crippen molar-refractivity contribution in [3.05, 3.63) is 53.3 Å². The van der Waals surface area contributed by atoms with Gasteiger partial charge < -0.3 is 15.0 Å². The molecule has 0 saturated carbocycles. The highest BCUT2D eigenvalue weighted by molar-refractivity contribution is 6.32. The van der Waals surface area contributed by atoms with Crippen LogP contribution in [0, 0.1) is 0 Å². The monoisotopic (exact) mass is 403 g/mol. The van der Waals surface area contributed by atoms with Gasteiger partial charge in [0.25, 0.3) is 5.91 Å². The topological polar surface area (TPSA) is 54.5 Å². The summed E-state index contributed by atoms with van der Waals surface area (Å²) in [5.41, 5.74) is 0.575. The van der Waals surface area contributed by atoms with Gasteiger partial charge in [-0.05, 0) is 37.3 Å². The first kappa shape index (κ1) is 21.5. The van der Waals surface area contributed by atoms with E-state index < -0.39 is 0 Å². The Morgan fingerprint density at radius 3 is 2.64 bits per heavy atom. The summed E-state index contributed by atoms with van der Waals surface area (Å²) in [4.78, 5) is 18.4. The van der Waals surface area contributed by atoms with Crippen molar-refractivity contribution in [3.63, 3.8) is 0 Å². The number of carbonyl (C=O) groups excluding carboxylic acids is 1. The fourth-order valence-electron chi connectivity index (χ4n) is 2.56. The van der Waals surface area contributed by atoms with E-state index in [0.29, 0.717) is 28.6 Å². The molecular formula is C17H20Cl3N3O2. The van der Waals surface area contributed by atoms with Gasteiger partial charge in [-0.15, -0.1) is 24.8 Å². The maximum atomic E-state index is 12.6. The molecule has 1 N–H and O–H groups in total. The molecule has 1 fully saturated rings. The van der Waals surface area contributed by atoms with Gasteiger partial charge in [-0.2, -0.15) is 0 Å². The van der Waals surface area contributed by atoms with Gasteiger partial charge in [0.1, 0.15) is 11.5 Å². The van der Waals surface area contributed by atoms with E-state index in [1.807, 2.05) is 11.8 Å². The summed E-state index contributed by atoms with van der Waals surface area (Å²) in [6.45, 7) is 4.36. The highest BCUT2D eigenvalue weighted by Gasteiger charge is 2.24. The number of hydrogen-bond donors (Lipinski definition) is 1. The van der Waals surface area contributed by atoms with Crippen molar-refractivity contribution in [2.75, 3.05) is 19.6 Å². The molecule has 1 atom stereocenters. The van der Waals surface area contributed by atoms with Crippen LogP contribution in [0.25, 0.3) is 0 Å². The fourth-order valence-corrected chi connectivity index (χ4v) is 2.78. The second-order valence-corrected chi connectivity index (χ2v) is 5.89. The molecule has 1 aromatic heterocycles. The number of carbonyl (C=O) groups is 1. The first-order valence-electron chi connectivity index (χ1n) is 7.54. The number of piperazine rings is 1. The van der Waals surface area contributed by atoms with Gasteiger partial charge >= 0.3 is 0 Å². The van der Waals surface area contributed by atoms with Crippen molar-refractivity contribution in [1.29, 1.82) is 0 Å². The number of benzene rings is 1. The number of amides is 1. The van der Waals surface area contributed by atoms with Crippen LogP contribution in [-0.4, -0.2) is 41.5 Å². The first-order chi connectivity index (χ1) is 11.1. The molecule has 136 valence electrons. The quantitative estimate of drug-likeness (QED) is 0.845. The van der Waals surface area contributed by atoms with E-state index in [0.717, 1.165) is 13.1 Å². The minimum Gasteiger partial charge on any atom is -0.456 e. The number of nitrogens with one attached hydrogen (secondary N) is 1. The Labute approximate surface area is 164 Å². The Kier molecular flexibility index (Phi) is 8.45. The van der Waals surface area contributed by atoms with Crippen LogP contribution < -0.4 is 10.1 Å². The predicted molar refractivity (Wildman–Crippen MR) is 104 cm³/mol. The van der Waals surface area contributed by atoms with E-state index >= 15 is 0 Å². The molecule has 1 aromatic carbocycles. The molecule has 0 bridgehead atoms. The summed E-state index contributed by atoms with van der Waals surface area (Å²) in [5.74, 6) is 1.16. The molecule has 25 heavy (non-hydrogen) atoms.